The number of carbonyl (C=O) groups is 1. The minimum Gasteiger partial charge on any atom is -0.459 e. The lowest BCUT2D eigenvalue weighted by Crippen LogP contribution is -2.38. The van der Waals surface area contributed by atoms with Crippen LogP contribution >= 0.6 is 11.3 Å². The number of thiazole rings is 1. The molecule has 4 rings (SSSR count). The fourth-order valence-electron chi connectivity index (χ4n) is 2.77. The Hall–Kier alpha value is -2.74. The first-order valence-electron chi connectivity index (χ1n) is 7.54. The molecule has 24 heavy (non-hydrogen) atoms. The number of aryl methyl sites for hydroxylation is 1. The molecule has 1 aliphatic heterocycles. The second-order valence-corrected chi connectivity index (χ2v) is 6.40. The average molecular weight is 342 g/mol. The van der Waals surface area contributed by atoms with Crippen molar-refractivity contribution in [1.29, 1.82) is 0 Å². The second-order valence-electron chi connectivity index (χ2n) is 5.54. The predicted molar refractivity (Wildman–Crippen MR) is 89.4 cm³/mol. The molecule has 4 heterocycles. The second kappa shape index (κ2) is 5.72. The van der Waals surface area contributed by atoms with Crippen LogP contribution in [0.4, 0.5) is 5.82 Å². The molecule has 0 bridgehead atoms. The summed E-state index contributed by atoms with van der Waals surface area (Å²) >= 11 is 1.35. The zero-order valence-corrected chi connectivity index (χ0v) is 13.7. The summed E-state index contributed by atoms with van der Waals surface area (Å²) in [4.78, 5) is 37.4. The van der Waals surface area contributed by atoms with Crippen molar-refractivity contribution < 1.29 is 9.21 Å². The molecule has 122 valence electrons. The molecule has 8 heteroatoms. The van der Waals surface area contributed by atoms with E-state index in [9.17, 15) is 9.59 Å². The highest BCUT2D eigenvalue weighted by Crippen LogP contribution is 2.28. The summed E-state index contributed by atoms with van der Waals surface area (Å²) in [5.74, 6) is 1.62. The first-order chi connectivity index (χ1) is 11.6. The molecule has 3 aromatic rings. The largest absolute Gasteiger partial charge is 0.459 e. The minimum atomic E-state index is -0.250. The highest BCUT2D eigenvalue weighted by Gasteiger charge is 2.28. The Kier molecular flexibility index (Phi) is 3.53. The standard InChI is InChI=1S/C16H14N4O3S/c1-9-4-5-12(23-9)15-19-11(7-24-15)16(22)20-6-2-3-10-13(20)17-8-18-14(10)21/h4-5,7-8H,2-3,6H2,1H3,(H,17,18,21). The molecule has 0 unspecified atom stereocenters. The first-order valence-corrected chi connectivity index (χ1v) is 8.42. The molecular weight excluding hydrogens is 328 g/mol. The Morgan fingerprint density at radius 2 is 2.29 bits per heavy atom. The monoisotopic (exact) mass is 342 g/mol. The van der Waals surface area contributed by atoms with Crippen molar-refractivity contribution in [3.8, 4) is 10.8 Å². The number of fused-ring (bicyclic) bond motifs is 1. The first kappa shape index (κ1) is 14.8. The van der Waals surface area contributed by atoms with Crippen LogP contribution in [-0.2, 0) is 6.42 Å². The molecule has 1 amide bonds. The third kappa shape index (κ3) is 2.44. The average Bonchev–Trinajstić information content (AvgIpc) is 3.23. The Bertz CT molecular complexity index is 972. The summed E-state index contributed by atoms with van der Waals surface area (Å²) in [6.07, 6.45) is 2.67. The van der Waals surface area contributed by atoms with Gasteiger partial charge in [0.1, 0.15) is 17.3 Å². The quantitative estimate of drug-likeness (QED) is 0.772. The van der Waals surface area contributed by atoms with Gasteiger partial charge in [0.15, 0.2) is 10.8 Å². The van der Waals surface area contributed by atoms with Crippen LogP contribution in [-0.4, -0.2) is 27.4 Å². The molecule has 0 fully saturated rings. The van der Waals surface area contributed by atoms with Crippen LogP contribution in [0.25, 0.3) is 10.8 Å². The fourth-order valence-corrected chi connectivity index (χ4v) is 3.52. The van der Waals surface area contributed by atoms with Crippen LogP contribution in [0.3, 0.4) is 0 Å². The maximum atomic E-state index is 12.8. The van der Waals surface area contributed by atoms with Crippen LogP contribution in [0.2, 0.25) is 0 Å². The van der Waals surface area contributed by atoms with E-state index < -0.39 is 0 Å². The number of furan rings is 1. The summed E-state index contributed by atoms with van der Waals surface area (Å²) in [5, 5.41) is 2.36. The van der Waals surface area contributed by atoms with Crippen molar-refractivity contribution in [2.45, 2.75) is 19.8 Å². The zero-order valence-electron chi connectivity index (χ0n) is 12.9. The molecule has 1 N–H and O–H groups in total. The maximum Gasteiger partial charge on any atom is 0.278 e. The van der Waals surface area contributed by atoms with E-state index in [1.165, 1.54) is 22.6 Å². The van der Waals surface area contributed by atoms with E-state index in [-0.39, 0.29) is 11.5 Å². The highest BCUT2D eigenvalue weighted by atomic mass is 32.1. The van der Waals surface area contributed by atoms with E-state index in [0.29, 0.717) is 40.8 Å². The molecule has 0 radical (unpaired) electrons. The Labute approximate surface area is 141 Å². The SMILES string of the molecule is Cc1ccc(-c2nc(C(=O)N3CCCc4c3nc[nH]c4=O)cs2)o1. The third-order valence-electron chi connectivity index (χ3n) is 3.91. The van der Waals surface area contributed by atoms with Gasteiger partial charge in [-0.3, -0.25) is 14.5 Å². The lowest BCUT2D eigenvalue weighted by atomic mass is 10.1. The smallest absolute Gasteiger partial charge is 0.278 e. The number of hydrogen-bond donors (Lipinski definition) is 1. The van der Waals surface area contributed by atoms with Crippen molar-refractivity contribution in [3.05, 3.63) is 51.2 Å². The summed E-state index contributed by atoms with van der Waals surface area (Å²) in [6, 6.07) is 3.69. The van der Waals surface area contributed by atoms with Gasteiger partial charge < -0.3 is 9.40 Å². The predicted octanol–water partition coefficient (Wildman–Crippen LogP) is 2.39. The molecule has 0 spiro atoms. The fraction of sp³-hybridized carbons (Fsp3) is 0.250. The van der Waals surface area contributed by atoms with E-state index in [1.807, 2.05) is 19.1 Å². The number of amides is 1. The Morgan fingerprint density at radius 1 is 1.42 bits per heavy atom. The van der Waals surface area contributed by atoms with Crippen LogP contribution in [0, 0.1) is 6.92 Å². The van der Waals surface area contributed by atoms with Crippen molar-refractivity contribution in [2.75, 3.05) is 11.4 Å². The molecule has 0 aliphatic carbocycles. The van der Waals surface area contributed by atoms with Gasteiger partial charge in [0.25, 0.3) is 11.5 Å². The van der Waals surface area contributed by atoms with Crippen LogP contribution < -0.4 is 10.5 Å². The van der Waals surface area contributed by atoms with E-state index in [2.05, 4.69) is 15.0 Å². The Balaban J connectivity index is 1.67. The molecule has 0 saturated carbocycles. The highest BCUT2D eigenvalue weighted by molar-refractivity contribution is 7.13. The lowest BCUT2D eigenvalue weighted by Gasteiger charge is -2.26. The van der Waals surface area contributed by atoms with E-state index in [4.69, 9.17) is 4.42 Å². The van der Waals surface area contributed by atoms with Gasteiger partial charge in [-0.05, 0) is 31.9 Å². The number of anilines is 1. The summed E-state index contributed by atoms with van der Waals surface area (Å²) in [5.41, 5.74) is 0.690. The number of aromatic nitrogens is 3. The number of nitrogens with zero attached hydrogens (tertiary/aromatic N) is 3. The summed E-state index contributed by atoms with van der Waals surface area (Å²) < 4.78 is 5.55. The van der Waals surface area contributed by atoms with E-state index >= 15 is 0 Å². The van der Waals surface area contributed by atoms with Gasteiger partial charge in [-0.15, -0.1) is 11.3 Å². The van der Waals surface area contributed by atoms with Gasteiger partial charge >= 0.3 is 0 Å². The van der Waals surface area contributed by atoms with Crippen molar-refractivity contribution >= 4 is 23.1 Å². The summed E-state index contributed by atoms with van der Waals surface area (Å²) in [6.45, 7) is 2.38. The molecule has 0 atom stereocenters. The lowest BCUT2D eigenvalue weighted by molar-refractivity contribution is 0.0980. The van der Waals surface area contributed by atoms with Crippen molar-refractivity contribution in [2.24, 2.45) is 0 Å². The number of nitrogens with one attached hydrogen (secondary N) is 1. The molecular formula is C16H14N4O3S. The van der Waals surface area contributed by atoms with Crippen LogP contribution in [0.1, 0.15) is 28.2 Å². The normalized spacial score (nSPS) is 13.8. The number of hydrogen-bond acceptors (Lipinski definition) is 6. The van der Waals surface area contributed by atoms with Crippen LogP contribution in [0.5, 0.6) is 0 Å². The van der Waals surface area contributed by atoms with Crippen molar-refractivity contribution in [3.63, 3.8) is 0 Å². The van der Waals surface area contributed by atoms with Crippen molar-refractivity contribution in [1.82, 2.24) is 15.0 Å². The molecule has 0 aromatic carbocycles. The molecule has 1 aliphatic rings. The van der Waals surface area contributed by atoms with Gasteiger partial charge in [0, 0.05) is 11.9 Å². The van der Waals surface area contributed by atoms with E-state index in [1.54, 1.807) is 5.38 Å². The zero-order chi connectivity index (χ0) is 16.7. The van der Waals surface area contributed by atoms with Gasteiger partial charge in [-0.25, -0.2) is 9.97 Å². The number of aromatic amines is 1. The topological polar surface area (TPSA) is 92.1 Å². The molecule has 0 saturated heterocycles. The third-order valence-corrected chi connectivity index (χ3v) is 4.77. The van der Waals surface area contributed by atoms with E-state index in [0.717, 1.165) is 12.2 Å². The van der Waals surface area contributed by atoms with Gasteiger partial charge in [0.05, 0.1) is 11.9 Å². The summed E-state index contributed by atoms with van der Waals surface area (Å²) in [7, 11) is 0. The molecule has 3 aromatic heterocycles. The van der Waals surface area contributed by atoms with Gasteiger partial charge in [-0.1, -0.05) is 0 Å². The minimum absolute atomic E-state index is 0.192. The van der Waals surface area contributed by atoms with Gasteiger partial charge in [0.2, 0.25) is 0 Å². The number of carbonyl (C=O) groups excluding carboxylic acids is 1. The Morgan fingerprint density at radius 3 is 3.08 bits per heavy atom. The van der Waals surface area contributed by atoms with Gasteiger partial charge in [-0.2, -0.15) is 0 Å². The maximum absolute atomic E-state index is 12.8. The number of H-pyrrole nitrogens is 1. The van der Waals surface area contributed by atoms with Crippen LogP contribution in [0.15, 0.2) is 33.1 Å². The molecule has 7 nitrogen and oxygen atoms in total. The number of rotatable bonds is 2.